The predicted octanol–water partition coefficient (Wildman–Crippen LogP) is 4.14. The Morgan fingerprint density at radius 3 is 2.68 bits per heavy atom. The largest absolute Gasteiger partial charge is 0.454 e. The zero-order valence-electron chi connectivity index (χ0n) is 10.1. The Bertz CT molecular complexity index is 657. The molecule has 0 aliphatic heterocycles. The number of nitrogens with zero attached hydrogens (tertiary/aromatic N) is 1. The summed E-state index contributed by atoms with van der Waals surface area (Å²) in [7, 11) is 0. The van der Waals surface area contributed by atoms with Gasteiger partial charge in [0.25, 0.3) is 0 Å². The topological polar surface area (TPSA) is 59.0 Å². The van der Waals surface area contributed by atoms with Gasteiger partial charge in [0.15, 0.2) is 5.75 Å². The summed E-state index contributed by atoms with van der Waals surface area (Å²) in [6, 6.07) is 9.22. The molecule has 0 bridgehead atoms. The van der Waals surface area contributed by atoms with Gasteiger partial charge in [-0.2, -0.15) is 5.26 Å². The minimum atomic E-state index is -0.482. The van der Waals surface area contributed by atoms with Crippen LogP contribution in [0.15, 0.2) is 34.8 Å². The van der Waals surface area contributed by atoms with Crippen LogP contribution in [0.5, 0.6) is 11.5 Å². The Morgan fingerprint density at radius 2 is 2.05 bits per heavy atom. The van der Waals surface area contributed by atoms with Crippen molar-refractivity contribution in [3.63, 3.8) is 0 Å². The van der Waals surface area contributed by atoms with Crippen molar-refractivity contribution >= 4 is 21.6 Å². The fourth-order valence-corrected chi connectivity index (χ4v) is 2.27. The lowest BCUT2D eigenvalue weighted by atomic mass is 10.2. The monoisotopic (exact) mass is 320 g/mol. The lowest BCUT2D eigenvalue weighted by Crippen LogP contribution is -1.96. The van der Waals surface area contributed by atoms with Crippen LogP contribution in [0.4, 0.5) is 10.1 Å². The fraction of sp³-hybridized carbons (Fsp3) is 0.0714. The molecule has 0 atom stereocenters. The molecule has 0 heterocycles. The van der Waals surface area contributed by atoms with Gasteiger partial charge in [-0.3, -0.25) is 0 Å². The Balaban J connectivity index is 2.45. The van der Waals surface area contributed by atoms with E-state index in [4.69, 9.17) is 15.7 Å². The van der Waals surface area contributed by atoms with Gasteiger partial charge in [-0.25, -0.2) is 4.39 Å². The normalized spacial score (nSPS) is 10.0. The summed E-state index contributed by atoms with van der Waals surface area (Å²) in [5, 5.41) is 8.97. The van der Waals surface area contributed by atoms with Gasteiger partial charge in [-0.15, -0.1) is 0 Å². The Kier molecular flexibility index (Phi) is 3.72. The first-order chi connectivity index (χ1) is 9.01. The molecular weight excluding hydrogens is 311 g/mol. The van der Waals surface area contributed by atoms with Crippen LogP contribution in [0.2, 0.25) is 0 Å². The molecule has 0 radical (unpaired) electrons. The van der Waals surface area contributed by atoms with Crippen LogP contribution in [0, 0.1) is 24.1 Å². The molecule has 96 valence electrons. The van der Waals surface area contributed by atoms with Crippen LogP contribution in [0.3, 0.4) is 0 Å². The highest BCUT2D eigenvalue weighted by Crippen LogP contribution is 2.35. The van der Waals surface area contributed by atoms with E-state index in [0.29, 0.717) is 11.4 Å². The number of nitrogens with two attached hydrogens (primary N) is 1. The number of halogens is 2. The molecular formula is C14H10BrFN2O. The molecule has 0 aliphatic rings. The highest BCUT2D eigenvalue weighted by Gasteiger charge is 2.11. The van der Waals surface area contributed by atoms with E-state index in [1.807, 2.05) is 19.1 Å². The van der Waals surface area contributed by atoms with E-state index in [9.17, 15) is 4.39 Å². The lowest BCUT2D eigenvalue weighted by molar-refractivity contribution is 0.477. The molecule has 2 aromatic carbocycles. The third kappa shape index (κ3) is 2.85. The summed E-state index contributed by atoms with van der Waals surface area (Å²) in [6.07, 6.45) is 0. The van der Waals surface area contributed by atoms with Crippen LogP contribution < -0.4 is 10.5 Å². The van der Waals surface area contributed by atoms with Crippen molar-refractivity contribution in [2.75, 3.05) is 5.73 Å². The van der Waals surface area contributed by atoms with Gasteiger partial charge in [0.2, 0.25) is 0 Å². The first kappa shape index (κ1) is 13.4. The number of anilines is 1. The van der Waals surface area contributed by atoms with E-state index in [2.05, 4.69) is 15.9 Å². The highest BCUT2D eigenvalue weighted by molar-refractivity contribution is 9.10. The minimum absolute atomic E-state index is 0.127. The van der Waals surface area contributed by atoms with Gasteiger partial charge >= 0.3 is 0 Å². The molecule has 2 aromatic rings. The summed E-state index contributed by atoms with van der Waals surface area (Å²) in [5.41, 5.74) is 7.27. The molecule has 0 unspecified atom stereocenters. The van der Waals surface area contributed by atoms with Gasteiger partial charge in [0.05, 0.1) is 11.3 Å². The number of aryl methyl sites for hydroxylation is 1. The summed E-state index contributed by atoms with van der Waals surface area (Å²) < 4.78 is 19.5. The summed E-state index contributed by atoms with van der Waals surface area (Å²) in [5.74, 6) is 0.261. The van der Waals surface area contributed by atoms with Crippen LogP contribution in [-0.4, -0.2) is 0 Å². The average Bonchev–Trinajstić information content (AvgIpc) is 2.35. The molecule has 3 nitrogen and oxygen atoms in total. The SMILES string of the molecule is Cc1cc(Br)cc(N)c1Oc1ccc(F)cc1C#N. The maximum absolute atomic E-state index is 13.0. The van der Waals surface area contributed by atoms with E-state index < -0.39 is 5.82 Å². The number of rotatable bonds is 2. The Morgan fingerprint density at radius 1 is 1.32 bits per heavy atom. The molecule has 0 saturated heterocycles. The summed E-state index contributed by atoms with van der Waals surface area (Å²) in [4.78, 5) is 0. The van der Waals surface area contributed by atoms with Crippen molar-refractivity contribution < 1.29 is 9.13 Å². The lowest BCUT2D eigenvalue weighted by Gasteiger charge is -2.13. The number of ether oxygens (including phenoxy) is 1. The predicted molar refractivity (Wildman–Crippen MR) is 74.5 cm³/mol. The molecule has 0 spiro atoms. The number of nitrogen functional groups attached to an aromatic ring is 1. The molecule has 5 heteroatoms. The second-order valence-electron chi connectivity index (χ2n) is 4.00. The van der Waals surface area contributed by atoms with Crippen LogP contribution >= 0.6 is 15.9 Å². The molecule has 0 amide bonds. The van der Waals surface area contributed by atoms with Crippen LogP contribution in [-0.2, 0) is 0 Å². The first-order valence-corrected chi connectivity index (χ1v) is 6.23. The summed E-state index contributed by atoms with van der Waals surface area (Å²) in [6.45, 7) is 1.84. The zero-order valence-corrected chi connectivity index (χ0v) is 11.7. The van der Waals surface area contributed by atoms with Crippen molar-refractivity contribution in [1.82, 2.24) is 0 Å². The smallest absolute Gasteiger partial charge is 0.153 e. The highest BCUT2D eigenvalue weighted by atomic mass is 79.9. The van der Waals surface area contributed by atoms with Gasteiger partial charge < -0.3 is 10.5 Å². The standard InChI is InChI=1S/C14H10BrFN2O/c1-8-4-10(15)6-12(18)14(8)19-13-3-2-11(16)5-9(13)7-17/h2-6H,18H2,1H3. The molecule has 2 rings (SSSR count). The molecule has 0 aromatic heterocycles. The van der Waals surface area contributed by atoms with Crippen molar-refractivity contribution in [2.24, 2.45) is 0 Å². The average molecular weight is 321 g/mol. The molecule has 2 N–H and O–H groups in total. The van der Waals surface area contributed by atoms with E-state index >= 15 is 0 Å². The quantitative estimate of drug-likeness (QED) is 0.846. The molecule has 0 aliphatic carbocycles. The van der Waals surface area contributed by atoms with Crippen molar-refractivity contribution in [1.29, 1.82) is 5.26 Å². The summed E-state index contributed by atoms with van der Waals surface area (Å²) >= 11 is 3.33. The molecule has 0 saturated carbocycles. The zero-order chi connectivity index (χ0) is 14.0. The number of nitriles is 1. The van der Waals surface area contributed by atoms with E-state index in [-0.39, 0.29) is 11.3 Å². The first-order valence-electron chi connectivity index (χ1n) is 5.44. The van der Waals surface area contributed by atoms with Gasteiger partial charge in [0.1, 0.15) is 17.6 Å². The Hall–Kier alpha value is -2.06. The van der Waals surface area contributed by atoms with Gasteiger partial charge in [-0.1, -0.05) is 15.9 Å². The Labute approximate surface area is 118 Å². The van der Waals surface area contributed by atoms with Crippen LogP contribution in [0.25, 0.3) is 0 Å². The minimum Gasteiger partial charge on any atom is -0.454 e. The third-order valence-electron chi connectivity index (χ3n) is 2.54. The van der Waals surface area contributed by atoms with E-state index in [0.717, 1.165) is 16.1 Å². The van der Waals surface area contributed by atoms with Gasteiger partial charge in [0, 0.05) is 4.47 Å². The second kappa shape index (κ2) is 5.29. The molecule has 0 fully saturated rings. The van der Waals surface area contributed by atoms with Crippen molar-refractivity contribution in [2.45, 2.75) is 6.92 Å². The number of benzene rings is 2. The van der Waals surface area contributed by atoms with E-state index in [1.165, 1.54) is 12.1 Å². The molecule has 19 heavy (non-hydrogen) atoms. The van der Waals surface area contributed by atoms with Gasteiger partial charge in [-0.05, 0) is 42.8 Å². The second-order valence-corrected chi connectivity index (χ2v) is 4.91. The van der Waals surface area contributed by atoms with Crippen LogP contribution in [0.1, 0.15) is 11.1 Å². The fourth-order valence-electron chi connectivity index (χ4n) is 1.68. The number of hydrogen-bond donors (Lipinski definition) is 1. The number of hydrogen-bond acceptors (Lipinski definition) is 3. The maximum Gasteiger partial charge on any atom is 0.153 e. The maximum atomic E-state index is 13.0. The third-order valence-corrected chi connectivity index (χ3v) is 3.00. The van der Waals surface area contributed by atoms with Crippen molar-refractivity contribution in [3.8, 4) is 17.6 Å². The van der Waals surface area contributed by atoms with Crippen molar-refractivity contribution in [3.05, 3.63) is 51.7 Å². The van der Waals surface area contributed by atoms with E-state index in [1.54, 1.807) is 6.07 Å².